The number of carbonyl (C=O) groups is 2. The Hall–Kier alpha value is -2.09. The summed E-state index contributed by atoms with van der Waals surface area (Å²) in [6, 6.07) is 1.47. The third kappa shape index (κ3) is 5.42. The molecule has 1 aromatic heterocycles. The van der Waals surface area contributed by atoms with Crippen molar-refractivity contribution >= 4 is 12.0 Å². The molecule has 0 aromatic carbocycles. The fourth-order valence-electron chi connectivity index (χ4n) is 1.72. The summed E-state index contributed by atoms with van der Waals surface area (Å²) in [5, 5.41) is 27.3. The summed E-state index contributed by atoms with van der Waals surface area (Å²) in [4.78, 5) is 22.1. The number of hydrogen-bond donors (Lipinski definition) is 4. The Morgan fingerprint density at radius 1 is 1.38 bits per heavy atom. The number of carbonyl (C=O) groups excluding carboxylic acids is 1. The highest BCUT2D eigenvalue weighted by atomic mass is 16.4. The van der Waals surface area contributed by atoms with E-state index in [1.165, 1.54) is 0 Å². The van der Waals surface area contributed by atoms with Gasteiger partial charge in [-0.2, -0.15) is 5.10 Å². The Morgan fingerprint density at radius 3 is 2.57 bits per heavy atom. The lowest BCUT2D eigenvalue weighted by Gasteiger charge is -2.18. The van der Waals surface area contributed by atoms with Crippen molar-refractivity contribution in [3.8, 4) is 0 Å². The smallest absolute Gasteiger partial charge is 0.337 e. The maximum absolute atomic E-state index is 11.4. The van der Waals surface area contributed by atoms with Gasteiger partial charge in [0.25, 0.3) is 0 Å². The van der Waals surface area contributed by atoms with E-state index < -0.39 is 17.6 Å². The van der Waals surface area contributed by atoms with Crippen LogP contribution in [0.3, 0.4) is 0 Å². The number of nitrogens with one attached hydrogen (secondary N) is 2. The number of aryl methyl sites for hydroxylation is 3. The van der Waals surface area contributed by atoms with Crippen LogP contribution in [0, 0.1) is 13.8 Å². The highest BCUT2D eigenvalue weighted by Gasteiger charge is 2.30. The summed E-state index contributed by atoms with van der Waals surface area (Å²) in [5.74, 6) is -1.38. The zero-order valence-corrected chi connectivity index (χ0v) is 12.5. The lowest BCUT2D eigenvalue weighted by Crippen LogP contribution is -2.49. The number of aliphatic hydroxyl groups is 1. The number of nitrogens with zero attached hydrogens (tertiary/aromatic N) is 2. The third-order valence-corrected chi connectivity index (χ3v) is 2.99. The van der Waals surface area contributed by atoms with Crippen LogP contribution in [-0.2, 0) is 11.3 Å². The van der Waals surface area contributed by atoms with Crippen LogP contribution in [0.5, 0.6) is 0 Å². The molecule has 0 saturated carbocycles. The molecular formula is C13H22N4O4. The molecular weight excluding hydrogens is 276 g/mol. The van der Waals surface area contributed by atoms with E-state index in [0.29, 0.717) is 19.5 Å². The quantitative estimate of drug-likeness (QED) is 0.530. The minimum Gasteiger partial charge on any atom is -0.479 e. The summed E-state index contributed by atoms with van der Waals surface area (Å²) in [6.07, 6.45) is 0.699. The van der Waals surface area contributed by atoms with Gasteiger partial charge in [-0.15, -0.1) is 0 Å². The van der Waals surface area contributed by atoms with Gasteiger partial charge in [-0.25, -0.2) is 9.59 Å². The van der Waals surface area contributed by atoms with Gasteiger partial charge < -0.3 is 20.8 Å². The zero-order chi connectivity index (χ0) is 16.0. The number of rotatable bonds is 7. The van der Waals surface area contributed by atoms with Gasteiger partial charge in [0, 0.05) is 18.8 Å². The molecule has 0 fully saturated rings. The van der Waals surface area contributed by atoms with Crippen molar-refractivity contribution in [3.63, 3.8) is 0 Å². The highest BCUT2D eigenvalue weighted by molar-refractivity contribution is 5.79. The molecule has 0 aliphatic rings. The predicted octanol–water partition coefficient (Wildman–Crippen LogP) is 0.0248. The van der Waals surface area contributed by atoms with Crippen LogP contribution in [0.2, 0.25) is 0 Å². The molecule has 118 valence electrons. The molecule has 0 aliphatic carbocycles. The van der Waals surface area contributed by atoms with E-state index >= 15 is 0 Å². The summed E-state index contributed by atoms with van der Waals surface area (Å²) >= 11 is 0. The molecule has 1 atom stereocenters. The lowest BCUT2D eigenvalue weighted by atomic mass is 10.1. The van der Waals surface area contributed by atoms with Crippen molar-refractivity contribution in [1.82, 2.24) is 20.4 Å². The Bertz CT molecular complexity index is 510. The topological polar surface area (TPSA) is 116 Å². The summed E-state index contributed by atoms with van der Waals surface area (Å²) in [7, 11) is 0. The van der Waals surface area contributed by atoms with E-state index in [1.54, 1.807) is 0 Å². The van der Waals surface area contributed by atoms with Gasteiger partial charge in [0.05, 0.1) is 12.2 Å². The first-order valence-electron chi connectivity index (χ1n) is 6.71. The Balaban J connectivity index is 2.22. The number of hydrogen-bond acceptors (Lipinski definition) is 4. The maximum Gasteiger partial charge on any atom is 0.337 e. The van der Waals surface area contributed by atoms with E-state index in [-0.39, 0.29) is 6.54 Å². The molecule has 0 aliphatic heterocycles. The first-order valence-corrected chi connectivity index (χ1v) is 6.71. The Morgan fingerprint density at radius 2 is 2.05 bits per heavy atom. The fourth-order valence-corrected chi connectivity index (χ4v) is 1.72. The van der Waals surface area contributed by atoms with Crippen LogP contribution in [0.4, 0.5) is 4.79 Å². The number of amides is 2. The average Bonchev–Trinajstić information content (AvgIpc) is 2.70. The van der Waals surface area contributed by atoms with E-state index in [2.05, 4.69) is 15.7 Å². The third-order valence-electron chi connectivity index (χ3n) is 2.99. The summed E-state index contributed by atoms with van der Waals surface area (Å²) < 4.78 is 1.87. The molecule has 1 rings (SSSR count). The van der Waals surface area contributed by atoms with Crippen LogP contribution in [-0.4, -0.2) is 50.7 Å². The van der Waals surface area contributed by atoms with E-state index in [0.717, 1.165) is 18.3 Å². The SMILES string of the molecule is Cc1cc(C)n(CCCNC(=O)NCC(C)(O)C(=O)O)n1. The first kappa shape index (κ1) is 17.0. The maximum atomic E-state index is 11.4. The largest absolute Gasteiger partial charge is 0.479 e. The molecule has 4 N–H and O–H groups in total. The van der Waals surface area contributed by atoms with Gasteiger partial charge in [-0.1, -0.05) is 0 Å². The Labute approximate surface area is 123 Å². The molecule has 21 heavy (non-hydrogen) atoms. The molecule has 1 heterocycles. The molecule has 0 radical (unpaired) electrons. The molecule has 2 amide bonds. The van der Waals surface area contributed by atoms with E-state index in [1.807, 2.05) is 24.6 Å². The second kappa shape index (κ2) is 7.07. The van der Waals surface area contributed by atoms with Crippen molar-refractivity contribution in [3.05, 3.63) is 17.5 Å². The summed E-state index contributed by atoms with van der Waals surface area (Å²) in [5.41, 5.74) is 0.0460. The number of aromatic nitrogens is 2. The van der Waals surface area contributed by atoms with Gasteiger partial charge in [-0.3, -0.25) is 4.68 Å². The second-order valence-electron chi connectivity index (χ2n) is 5.19. The number of urea groups is 1. The van der Waals surface area contributed by atoms with Gasteiger partial charge in [0.1, 0.15) is 0 Å². The van der Waals surface area contributed by atoms with Crippen LogP contribution in [0.15, 0.2) is 6.07 Å². The monoisotopic (exact) mass is 298 g/mol. The van der Waals surface area contributed by atoms with Crippen LogP contribution in [0.25, 0.3) is 0 Å². The van der Waals surface area contributed by atoms with Crippen molar-refractivity contribution in [2.45, 2.75) is 39.3 Å². The molecule has 8 heteroatoms. The number of carboxylic acids is 1. The van der Waals surface area contributed by atoms with Gasteiger partial charge in [-0.05, 0) is 33.3 Å². The molecule has 1 unspecified atom stereocenters. The van der Waals surface area contributed by atoms with Crippen LogP contribution >= 0.6 is 0 Å². The molecule has 0 spiro atoms. The lowest BCUT2D eigenvalue weighted by molar-refractivity contribution is -0.155. The van der Waals surface area contributed by atoms with E-state index in [9.17, 15) is 14.7 Å². The second-order valence-corrected chi connectivity index (χ2v) is 5.19. The number of carboxylic acid groups (broad SMARTS) is 1. The molecule has 1 aromatic rings. The summed E-state index contributed by atoms with van der Waals surface area (Å²) in [6.45, 7) is 5.77. The number of aliphatic carboxylic acids is 1. The van der Waals surface area contributed by atoms with Crippen molar-refractivity contribution in [2.24, 2.45) is 0 Å². The van der Waals surface area contributed by atoms with Crippen LogP contribution in [0.1, 0.15) is 24.7 Å². The fraction of sp³-hybridized carbons (Fsp3) is 0.615. The molecule has 0 saturated heterocycles. The normalized spacial score (nSPS) is 13.5. The highest BCUT2D eigenvalue weighted by Crippen LogP contribution is 2.02. The van der Waals surface area contributed by atoms with Crippen LogP contribution < -0.4 is 10.6 Å². The van der Waals surface area contributed by atoms with Gasteiger partial charge in [0.2, 0.25) is 0 Å². The Kier molecular flexibility index (Phi) is 5.71. The average molecular weight is 298 g/mol. The molecule has 0 bridgehead atoms. The molecule has 8 nitrogen and oxygen atoms in total. The van der Waals surface area contributed by atoms with Crippen molar-refractivity contribution in [2.75, 3.05) is 13.1 Å². The van der Waals surface area contributed by atoms with Crippen molar-refractivity contribution in [1.29, 1.82) is 0 Å². The zero-order valence-electron chi connectivity index (χ0n) is 12.5. The predicted molar refractivity (Wildman–Crippen MR) is 76.0 cm³/mol. The van der Waals surface area contributed by atoms with Crippen molar-refractivity contribution < 1.29 is 19.8 Å². The minimum atomic E-state index is -1.97. The first-order chi connectivity index (χ1) is 9.72. The standard InChI is InChI=1S/C13H22N4O4/c1-9-7-10(2)17(16-9)6-4-5-14-12(20)15-8-13(3,21)11(18)19/h7,21H,4-6,8H2,1-3H3,(H,18,19)(H2,14,15,20). The van der Waals surface area contributed by atoms with Gasteiger partial charge in [0.15, 0.2) is 5.60 Å². The van der Waals surface area contributed by atoms with E-state index in [4.69, 9.17) is 5.11 Å². The van der Waals surface area contributed by atoms with Gasteiger partial charge >= 0.3 is 12.0 Å². The minimum absolute atomic E-state index is 0.356.